The van der Waals surface area contributed by atoms with Gasteiger partial charge in [0, 0.05) is 36.8 Å². The fourth-order valence-electron chi connectivity index (χ4n) is 5.07. The molecule has 1 N–H and O–H groups in total. The van der Waals surface area contributed by atoms with E-state index in [2.05, 4.69) is 10.3 Å². The Balaban J connectivity index is 1.54. The number of nitrogens with one attached hydrogen (secondary N) is 1. The molecule has 0 fully saturated rings. The number of aromatic nitrogens is 3. The predicted molar refractivity (Wildman–Crippen MR) is 144 cm³/mol. The van der Waals surface area contributed by atoms with Gasteiger partial charge in [0.1, 0.15) is 16.9 Å². The smallest absolute Gasteiger partial charge is 0.273 e. The lowest BCUT2D eigenvalue weighted by atomic mass is 9.96. The van der Waals surface area contributed by atoms with Gasteiger partial charge in [-0.15, -0.1) is 0 Å². The molecule has 0 spiro atoms. The molecule has 3 atom stereocenters. The number of carbonyl (C=O) groups excluding carboxylic acids is 3. The van der Waals surface area contributed by atoms with E-state index in [1.807, 2.05) is 19.9 Å². The summed E-state index contributed by atoms with van der Waals surface area (Å²) in [5.74, 6) is -0.759. The number of benzene rings is 1. The molecule has 38 heavy (non-hydrogen) atoms. The van der Waals surface area contributed by atoms with Crippen molar-refractivity contribution in [2.75, 3.05) is 13.6 Å². The van der Waals surface area contributed by atoms with Crippen LogP contribution in [0.25, 0.3) is 0 Å². The Morgan fingerprint density at radius 2 is 1.89 bits per heavy atom. The summed E-state index contributed by atoms with van der Waals surface area (Å²) in [5.41, 5.74) is 2.84. The van der Waals surface area contributed by atoms with Crippen LogP contribution in [0.2, 0.25) is 15.2 Å². The number of carbonyl (C=O) groups is 3. The number of rotatable bonds is 4. The molecule has 12 heteroatoms. The fourth-order valence-corrected chi connectivity index (χ4v) is 5.48. The third-order valence-corrected chi connectivity index (χ3v) is 8.21. The third kappa shape index (κ3) is 4.52. The van der Waals surface area contributed by atoms with E-state index in [-0.39, 0.29) is 47.9 Å². The van der Waals surface area contributed by atoms with E-state index in [4.69, 9.17) is 39.9 Å². The van der Waals surface area contributed by atoms with Crippen LogP contribution in [0.3, 0.4) is 0 Å². The van der Waals surface area contributed by atoms with Gasteiger partial charge in [-0.25, -0.2) is 9.67 Å². The highest BCUT2D eigenvalue weighted by Gasteiger charge is 2.43. The number of pyridine rings is 1. The summed E-state index contributed by atoms with van der Waals surface area (Å²) in [4.78, 5) is 47.9. The average molecular weight is 576 g/mol. The molecular formula is C26H25Cl3N6O3. The first-order valence-corrected chi connectivity index (χ1v) is 13.2. The topological polar surface area (TPSA) is 100 Å². The molecule has 0 bridgehead atoms. The predicted octanol–water partition coefficient (Wildman–Crippen LogP) is 4.33. The van der Waals surface area contributed by atoms with Crippen LogP contribution in [0.4, 0.5) is 0 Å². The fraction of sp³-hybridized carbons (Fsp3) is 0.346. The van der Waals surface area contributed by atoms with Crippen LogP contribution in [0.1, 0.15) is 63.6 Å². The summed E-state index contributed by atoms with van der Waals surface area (Å²) in [5, 5.41) is 8.40. The highest BCUT2D eigenvalue weighted by Crippen LogP contribution is 2.36. The Labute approximate surface area is 234 Å². The summed E-state index contributed by atoms with van der Waals surface area (Å²) >= 11 is 18.2. The molecule has 198 valence electrons. The van der Waals surface area contributed by atoms with Crippen molar-refractivity contribution in [3.8, 4) is 0 Å². The molecule has 0 radical (unpaired) electrons. The number of likely N-dealkylation sites (N-methyl/N-ethyl adjacent to an activating group) is 1. The maximum atomic E-state index is 13.9. The minimum atomic E-state index is -0.726. The number of nitrogens with zero attached hydrogens (tertiary/aromatic N) is 5. The molecule has 0 saturated heterocycles. The number of hydrogen-bond donors (Lipinski definition) is 1. The average Bonchev–Trinajstić information content (AvgIpc) is 3.27. The monoisotopic (exact) mass is 574 g/mol. The van der Waals surface area contributed by atoms with Crippen LogP contribution in [-0.4, -0.2) is 61.9 Å². The molecule has 5 rings (SSSR count). The molecule has 9 nitrogen and oxygen atoms in total. The van der Waals surface area contributed by atoms with Gasteiger partial charge in [-0.3, -0.25) is 14.4 Å². The molecule has 0 aliphatic carbocycles. The molecule has 2 aromatic heterocycles. The van der Waals surface area contributed by atoms with Crippen LogP contribution in [0, 0.1) is 0 Å². The Kier molecular flexibility index (Phi) is 7.11. The molecule has 2 aliphatic rings. The Hall–Kier alpha value is -3.14. The first-order chi connectivity index (χ1) is 18.1. The summed E-state index contributed by atoms with van der Waals surface area (Å²) < 4.78 is 1.52. The molecule has 0 saturated carbocycles. The van der Waals surface area contributed by atoms with Gasteiger partial charge in [0.05, 0.1) is 34.9 Å². The molecule has 1 unspecified atom stereocenters. The third-order valence-electron chi connectivity index (χ3n) is 7.25. The lowest BCUT2D eigenvalue weighted by molar-refractivity contribution is -0.125. The Bertz CT molecular complexity index is 1440. The second-order valence-electron chi connectivity index (χ2n) is 9.51. The van der Waals surface area contributed by atoms with Crippen molar-refractivity contribution in [3.05, 3.63) is 79.8 Å². The zero-order valence-electron chi connectivity index (χ0n) is 20.9. The van der Waals surface area contributed by atoms with Gasteiger partial charge in [0.15, 0.2) is 0 Å². The minimum Gasteiger partial charge on any atom is -0.357 e. The maximum absolute atomic E-state index is 13.9. The lowest BCUT2D eigenvalue weighted by Gasteiger charge is -2.37. The summed E-state index contributed by atoms with van der Waals surface area (Å²) in [6, 6.07) is 6.93. The van der Waals surface area contributed by atoms with Crippen LogP contribution in [0.5, 0.6) is 0 Å². The molecule has 3 amide bonds. The van der Waals surface area contributed by atoms with Crippen molar-refractivity contribution >= 4 is 52.5 Å². The number of hydrogen-bond acceptors (Lipinski definition) is 5. The highest BCUT2D eigenvalue weighted by molar-refractivity contribution is 6.42. The largest absolute Gasteiger partial charge is 0.357 e. The lowest BCUT2D eigenvalue weighted by Crippen LogP contribution is -2.49. The van der Waals surface area contributed by atoms with Gasteiger partial charge >= 0.3 is 0 Å². The zero-order chi connectivity index (χ0) is 27.3. The Morgan fingerprint density at radius 1 is 1.13 bits per heavy atom. The second kappa shape index (κ2) is 10.2. The Morgan fingerprint density at radius 3 is 2.55 bits per heavy atom. The summed E-state index contributed by atoms with van der Waals surface area (Å²) in [6.07, 6.45) is 2.06. The minimum absolute atomic E-state index is 0.136. The molecule has 1 aromatic carbocycles. The summed E-state index contributed by atoms with van der Waals surface area (Å²) in [7, 11) is 1.55. The maximum Gasteiger partial charge on any atom is 0.273 e. The van der Waals surface area contributed by atoms with Gasteiger partial charge in [0.2, 0.25) is 5.91 Å². The summed E-state index contributed by atoms with van der Waals surface area (Å²) in [6.45, 7) is 4.11. The first kappa shape index (κ1) is 26.5. The van der Waals surface area contributed by atoms with E-state index in [9.17, 15) is 14.4 Å². The van der Waals surface area contributed by atoms with Crippen LogP contribution < -0.4 is 5.32 Å². The van der Waals surface area contributed by atoms with E-state index in [1.165, 1.54) is 10.7 Å². The number of halogens is 3. The van der Waals surface area contributed by atoms with Gasteiger partial charge in [0.25, 0.3) is 11.8 Å². The first-order valence-electron chi connectivity index (χ1n) is 12.1. The standard InChI is InChI=1S/C26H25Cl3N6O3/c1-13-8-20-17(11-33(13)25(37)15-4-6-18(27)19(28)9-15)23-26(38)34(12-21(24(36)30-3)35(23)32-20)14(2)16-5-7-22(29)31-10-16/h4-7,9-10,13-14,21H,8,11-12H2,1-3H3,(H,30,36)/t13-,14?,21+/m1/s1. The van der Waals surface area contributed by atoms with E-state index in [0.29, 0.717) is 39.1 Å². The van der Waals surface area contributed by atoms with Gasteiger partial charge in [-0.05, 0) is 43.7 Å². The van der Waals surface area contributed by atoms with E-state index >= 15 is 0 Å². The second-order valence-corrected chi connectivity index (χ2v) is 10.7. The normalized spacial score (nSPS) is 19.6. The van der Waals surface area contributed by atoms with Crippen molar-refractivity contribution in [2.45, 2.75) is 44.9 Å². The van der Waals surface area contributed by atoms with Crippen molar-refractivity contribution in [2.24, 2.45) is 0 Å². The zero-order valence-corrected chi connectivity index (χ0v) is 23.2. The van der Waals surface area contributed by atoms with E-state index in [1.54, 1.807) is 41.2 Å². The highest BCUT2D eigenvalue weighted by atomic mass is 35.5. The molecule has 4 heterocycles. The number of fused-ring (bicyclic) bond motifs is 3. The van der Waals surface area contributed by atoms with Crippen molar-refractivity contribution in [3.63, 3.8) is 0 Å². The van der Waals surface area contributed by atoms with E-state index < -0.39 is 6.04 Å². The quantitative estimate of drug-likeness (QED) is 0.467. The molecular weight excluding hydrogens is 551 g/mol. The van der Waals surface area contributed by atoms with Crippen LogP contribution in [0.15, 0.2) is 36.5 Å². The SMILES string of the molecule is CNC(=O)[C@@H]1CN(C(C)c2ccc(Cl)nc2)C(=O)c2c3c(nn21)C[C@@H](C)N(C(=O)c1ccc(Cl)c(Cl)c1)C3. The van der Waals surface area contributed by atoms with Crippen molar-refractivity contribution < 1.29 is 14.4 Å². The van der Waals surface area contributed by atoms with Gasteiger partial charge < -0.3 is 15.1 Å². The molecule has 3 aromatic rings. The van der Waals surface area contributed by atoms with Crippen LogP contribution >= 0.6 is 34.8 Å². The van der Waals surface area contributed by atoms with E-state index in [0.717, 1.165) is 5.56 Å². The molecule has 2 aliphatic heterocycles. The van der Waals surface area contributed by atoms with Crippen LogP contribution in [-0.2, 0) is 17.8 Å². The number of amides is 3. The van der Waals surface area contributed by atoms with Gasteiger partial charge in [-0.1, -0.05) is 40.9 Å². The van der Waals surface area contributed by atoms with Gasteiger partial charge in [-0.2, -0.15) is 5.10 Å². The van der Waals surface area contributed by atoms with Crippen molar-refractivity contribution in [1.82, 2.24) is 29.9 Å². The van der Waals surface area contributed by atoms with Crippen molar-refractivity contribution in [1.29, 1.82) is 0 Å².